The first kappa shape index (κ1) is 11.2. The van der Waals surface area contributed by atoms with Gasteiger partial charge in [-0.1, -0.05) is 0 Å². The molecule has 2 rings (SSSR count). The van der Waals surface area contributed by atoms with Crippen molar-refractivity contribution in [3.8, 4) is 11.5 Å². The maximum atomic E-state index is 13.7. The van der Waals surface area contributed by atoms with E-state index < -0.39 is 5.82 Å². The molecule has 0 aliphatic heterocycles. The minimum atomic E-state index is -0.457. The zero-order valence-electron chi connectivity index (χ0n) is 9.55. The summed E-state index contributed by atoms with van der Waals surface area (Å²) >= 11 is 0. The van der Waals surface area contributed by atoms with Crippen LogP contribution in [-0.2, 0) is 5.41 Å². The van der Waals surface area contributed by atoms with Gasteiger partial charge in [-0.05, 0) is 30.5 Å². The molecular weight excluding hydrogens is 209 g/mol. The van der Waals surface area contributed by atoms with Crippen LogP contribution in [0.15, 0.2) is 12.1 Å². The Morgan fingerprint density at radius 1 is 1.25 bits per heavy atom. The minimum absolute atomic E-state index is 0.00819. The number of nitrogens with two attached hydrogens (primary N) is 1. The monoisotopic (exact) mass is 225 g/mol. The van der Waals surface area contributed by atoms with Crippen LogP contribution in [0.5, 0.6) is 11.5 Å². The summed E-state index contributed by atoms with van der Waals surface area (Å²) in [5.41, 5.74) is 6.76. The van der Waals surface area contributed by atoms with Crippen molar-refractivity contribution in [2.75, 3.05) is 20.8 Å². The summed E-state index contributed by atoms with van der Waals surface area (Å²) < 4.78 is 23.7. The van der Waals surface area contributed by atoms with E-state index in [9.17, 15) is 4.39 Å². The van der Waals surface area contributed by atoms with Crippen molar-refractivity contribution in [2.45, 2.75) is 18.3 Å². The van der Waals surface area contributed by atoms with Gasteiger partial charge in [0.1, 0.15) is 0 Å². The topological polar surface area (TPSA) is 44.5 Å². The lowest BCUT2D eigenvalue weighted by molar-refractivity contribution is 0.348. The second kappa shape index (κ2) is 3.94. The van der Waals surface area contributed by atoms with Gasteiger partial charge in [0, 0.05) is 12.0 Å². The average Bonchev–Trinajstić information content (AvgIpc) is 3.10. The standard InChI is InChI=1S/C12H16FNO2/c1-15-9-5-8(12(7-14)3-4-12)6-10(16-2)11(9)13/h5-6H,3-4,7,14H2,1-2H3. The largest absolute Gasteiger partial charge is 0.494 e. The zero-order chi connectivity index (χ0) is 11.8. The smallest absolute Gasteiger partial charge is 0.206 e. The molecule has 0 atom stereocenters. The van der Waals surface area contributed by atoms with Crippen molar-refractivity contribution in [2.24, 2.45) is 5.73 Å². The maximum absolute atomic E-state index is 13.7. The third kappa shape index (κ3) is 1.63. The molecule has 0 saturated heterocycles. The Bertz CT molecular complexity index is 377. The fourth-order valence-corrected chi connectivity index (χ4v) is 1.94. The van der Waals surface area contributed by atoms with Gasteiger partial charge in [-0.2, -0.15) is 4.39 Å². The SMILES string of the molecule is COc1cc(C2(CN)CC2)cc(OC)c1F. The lowest BCUT2D eigenvalue weighted by atomic mass is 9.95. The van der Waals surface area contributed by atoms with E-state index in [0.717, 1.165) is 18.4 Å². The molecule has 1 fully saturated rings. The van der Waals surface area contributed by atoms with Crippen molar-refractivity contribution in [3.05, 3.63) is 23.5 Å². The van der Waals surface area contributed by atoms with Gasteiger partial charge in [0.05, 0.1) is 14.2 Å². The number of hydrogen-bond donors (Lipinski definition) is 1. The molecule has 0 radical (unpaired) electrons. The van der Waals surface area contributed by atoms with E-state index in [1.165, 1.54) is 14.2 Å². The number of benzene rings is 1. The molecule has 0 aromatic heterocycles. The molecule has 88 valence electrons. The third-order valence-electron chi connectivity index (χ3n) is 3.30. The maximum Gasteiger partial charge on any atom is 0.206 e. The van der Waals surface area contributed by atoms with Crippen molar-refractivity contribution in [1.29, 1.82) is 0 Å². The Labute approximate surface area is 94.3 Å². The van der Waals surface area contributed by atoms with Gasteiger partial charge in [-0.3, -0.25) is 0 Å². The molecule has 0 spiro atoms. The van der Waals surface area contributed by atoms with Crippen molar-refractivity contribution in [3.63, 3.8) is 0 Å². The van der Waals surface area contributed by atoms with Crippen LogP contribution in [0.1, 0.15) is 18.4 Å². The van der Waals surface area contributed by atoms with Crippen LogP contribution in [0.3, 0.4) is 0 Å². The first-order valence-electron chi connectivity index (χ1n) is 5.29. The Morgan fingerprint density at radius 3 is 2.06 bits per heavy atom. The lowest BCUT2D eigenvalue weighted by Gasteiger charge is -2.16. The zero-order valence-corrected chi connectivity index (χ0v) is 9.55. The van der Waals surface area contributed by atoms with Gasteiger partial charge in [-0.15, -0.1) is 0 Å². The Kier molecular flexibility index (Phi) is 2.76. The van der Waals surface area contributed by atoms with Gasteiger partial charge < -0.3 is 15.2 Å². The molecule has 1 aromatic carbocycles. The highest BCUT2D eigenvalue weighted by Crippen LogP contribution is 2.49. The highest BCUT2D eigenvalue weighted by Gasteiger charge is 2.43. The molecular formula is C12H16FNO2. The summed E-state index contributed by atoms with van der Waals surface area (Å²) in [6, 6.07) is 3.44. The number of hydrogen-bond acceptors (Lipinski definition) is 3. The van der Waals surface area contributed by atoms with Gasteiger partial charge in [0.25, 0.3) is 0 Å². The first-order valence-corrected chi connectivity index (χ1v) is 5.29. The molecule has 1 aliphatic rings. The average molecular weight is 225 g/mol. The van der Waals surface area contributed by atoms with Crippen LogP contribution in [0.4, 0.5) is 4.39 Å². The molecule has 1 aromatic rings. The summed E-state index contributed by atoms with van der Waals surface area (Å²) in [5, 5.41) is 0. The molecule has 0 bridgehead atoms. The van der Waals surface area contributed by atoms with Crippen LogP contribution >= 0.6 is 0 Å². The Balaban J connectivity index is 2.47. The fraction of sp³-hybridized carbons (Fsp3) is 0.500. The third-order valence-corrected chi connectivity index (χ3v) is 3.30. The number of ether oxygens (including phenoxy) is 2. The number of methoxy groups -OCH3 is 2. The van der Waals surface area contributed by atoms with Crippen LogP contribution < -0.4 is 15.2 Å². The van der Waals surface area contributed by atoms with Crippen LogP contribution in [-0.4, -0.2) is 20.8 Å². The van der Waals surface area contributed by atoms with E-state index in [1.54, 1.807) is 12.1 Å². The van der Waals surface area contributed by atoms with Gasteiger partial charge in [0.15, 0.2) is 11.5 Å². The highest BCUT2D eigenvalue weighted by atomic mass is 19.1. The summed E-state index contributed by atoms with van der Waals surface area (Å²) in [6.07, 6.45) is 2.09. The van der Waals surface area contributed by atoms with Crippen molar-refractivity contribution >= 4 is 0 Å². The number of halogens is 1. The van der Waals surface area contributed by atoms with E-state index in [2.05, 4.69) is 0 Å². The highest BCUT2D eigenvalue weighted by molar-refractivity contribution is 5.45. The van der Waals surface area contributed by atoms with E-state index in [0.29, 0.717) is 6.54 Å². The molecule has 0 amide bonds. The predicted molar refractivity (Wildman–Crippen MR) is 59.5 cm³/mol. The molecule has 2 N–H and O–H groups in total. The molecule has 4 heteroatoms. The van der Waals surface area contributed by atoms with E-state index in [-0.39, 0.29) is 16.9 Å². The molecule has 1 saturated carbocycles. The first-order chi connectivity index (χ1) is 7.66. The second-order valence-corrected chi connectivity index (χ2v) is 4.18. The van der Waals surface area contributed by atoms with E-state index in [4.69, 9.17) is 15.2 Å². The minimum Gasteiger partial charge on any atom is -0.494 e. The summed E-state index contributed by atoms with van der Waals surface area (Å²) in [4.78, 5) is 0. The van der Waals surface area contributed by atoms with Crippen molar-refractivity contribution in [1.82, 2.24) is 0 Å². The molecule has 0 unspecified atom stereocenters. The van der Waals surface area contributed by atoms with Crippen molar-refractivity contribution < 1.29 is 13.9 Å². The van der Waals surface area contributed by atoms with Gasteiger partial charge in [0.2, 0.25) is 5.82 Å². The van der Waals surface area contributed by atoms with Gasteiger partial charge in [-0.25, -0.2) is 0 Å². The fourth-order valence-electron chi connectivity index (χ4n) is 1.94. The summed E-state index contributed by atoms with van der Waals surface area (Å²) in [7, 11) is 2.90. The van der Waals surface area contributed by atoms with Gasteiger partial charge >= 0.3 is 0 Å². The molecule has 16 heavy (non-hydrogen) atoms. The van der Waals surface area contributed by atoms with E-state index >= 15 is 0 Å². The molecule has 3 nitrogen and oxygen atoms in total. The summed E-state index contributed by atoms with van der Waals surface area (Å²) in [5.74, 6) is -0.0234. The van der Waals surface area contributed by atoms with Crippen LogP contribution in [0.2, 0.25) is 0 Å². The Hall–Kier alpha value is -1.29. The molecule has 1 aliphatic carbocycles. The quantitative estimate of drug-likeness (QED) is 0.850. The summed E-state index contributed by atoms with van der Waals surface area (Å²) in [6.45, 7) is 0.574. The second-order valence-electron chi connectivity index (χ2n) is 4.18. The normalized spacial score (nSPS) is 17.0. The molecule has 0 heterocycles. The van der Waals surface area contributed by atoms with Crippen LogP contribution in [0, 0.1) is 5.82 Å². The lowest BCUT2D eigenvalue weighted by Crippen LogP contribution is -2.20. The number of rotatable bonds is 4. The Morgan fingerprint density at radius 2 is 1.75 bits per heavy atom. The van der Waals surface area contributed by atoms with E-state index in [1.807, 2.05) is 0 Å². The van der Waals surface area contributed by atoms with Crippen LogP contribution in [0.25, 0.3) is 0 Å². The predicted octanol–water partition coefficient (Wildman–Crippen LogP) is 1.83.